The molecule has 0 aliphatic carbocycles. The van der Waals surface area contributed by atoms with Gasteiger partial charge in [0.2, 0.25) is 0 Å². The highest BCUT2D eigenvalue weighted by atomic mass is 127. The smallest absolute Gasteiger partial charge is 0.191 e. The van der Waals surface area contributed by atoms with E-state index < -0.39 is 0 Å². The molecule has 2 rings (SSSR count). The largest absolute Gasteiger partial charge is 0.356 e. The molecule has 0 radical (unpaired) electrons. The molecule has 1 aromatic rings. The first-order chi connectivity index (χ1) is 10.7. The summed E-state index contributed by atoms with van der Waals surface area (Å²) in [5.74, 6) is 1.25. The fraction of sp³-hybridized carbons (Fsp3) is 0.588. The van der Waals surface area contributed by atoms with Gasteiger partial charge in [-0.15, -0.1) is 24.0 Å². The number of nitrogens with one attached hydrogen (secondary N) is 2. The Bertz CT molecular complexity index is 495. The molecule has 1 unspecified atom stereocenters. The van der Waals surface area contributed by atoms with E-state index in [1.165, 1.54) is 38.5 Å². The molecular formula is C17H28FIN4. The highest BCUT2D eigenvalue weighted by Gasteiger charge is 2.21. The molecule has 0 saturated carbocycles. The van der Waals surface area contributed by atoms with Gasteiger partial charge in [-0.25, -0.2) is 4.39 Å². The lowest BCUT2D eigenvalue weighted by molar-refractivity contribution is 0.324. The molecule has 0 aromatic heterocycles. The molecule has 1 aromatic carbocycles. The van der Waals surface area contributed by atoms with Gasteiger partial charge in [-0.3, -0.25) is 4.99 Å². The molecule has 6 heteroatoms. The minimum absolute atomic E-state index is 0. The third-order valence-electron chi connectivity index (χ3n) is 4.04. The van der Waals surface area contributed by atoms with Crippen LogP contribution in [0, 0.1) is 11.7 Å². The number of rotatable bonds is 6. The van der Waals surface area contributed by atoms with E-state index in [0.29, 0.717) is 12.5 Å². The number of likely N-dealkylation sites (tertiary alicyclic amines) is 1. The van der Waals surface area contributed by atoms with Crippen LogP contribution in [0.25, 0.3) is 0 Å². The average molecular weight is 434 g/mol. The van der Waals surface area contributed by atoms with Crippen LogP contribution in [0.4, 0.5) is 4.39 Å². The van der Waals surface area contributed by atoms with Gasteiger partial charge in [0.15, 0.2) is 5.96 Å². The van der Waals surface area contributed by atoms with E-state index in [1.54, 1.807) is 19.2 Å². The molecular weight excluding hydrogens is 406 g/mol. The Balaban J connectivity index is 0.00000264. The van der Waals surface area contributed by atoms with Crippen LogP contribution >= 0.6 is 24.0 Å². The fourth-order valence-corrected chi connectivity index (χ4v) is 2.89. The number of guanidine groups is 1. The Morgan fingerprint density at radius 1 is 1.39 bits per heavy atom. The normalized spacial score (nSPS) is 18.6. The van der Waals surface area contributed by atoms with Gasteiger partial charge in [0.05, 0.1) is 0 Å². The molecule has 1 heterocycles. The second-order valence-electron chi connectivity index (χ2n) is 5.89. The Hall–Kier alpha value is -0.890. The Morgan fingerprint density at radius 3 is 2.91 bits per heavy atom. The SMILES string of the molecule is CCCN1CCC(CNC(=NC)NCc2cccc(F)c2)C1.I. The Morgan fingerprint density at radius 2 is 2.22 bits per heavy atom. The van der Waals surface area contributed by atoms with Gasteiger partial charge < -0.3 is 15.5 Å². The maximum Gasteiger partial charge on any atom is 0.191 e. The summed E-state index contributed by atoms with van der Waals surface area (Å²) in [7, 11) is 1.76. The number of hydrogen-bond donors (Lipinski definition) is 2. The standard InChI is InChI=1S/C17H27FN4.HI/c1-3-8-22-9-7-15(13-22)12-21-17(19-2)20-11-14-5-4-6-16(18)10-14;/h4-6,10,15H,3,7-9,11-13H2,1-2H3,(H2,19,20,21);1H. The number of aliphatic imine (C=N–C) groups is 1. The molecule has 0 bridgehead atoms. The van der Waals surface area contributed by atoms with Gasteiger partial charge >= 0.3 is 0 Å². The summed E-state index contributed by atoms with van der Waals surface area (Å²) in [6.07, 6.45) is 2.46. The molecule has 23 heavy (non-hydrogen) atoms. The van der Waals surface area contributed by atoms with Crippen LogP contribution in [-0.4, -0.2) is 44.1 Å². The molecule has 2 N–H and O–H groups in total. The van der Waals surface area contributed by atoms with E-state index in [0.717, 1.165) is 18.1 Å². The summed E-state index contributed by atoms with van der Waals surface area (Å²) in [5, 5.41) is 6.61. The number of halogens is 2. The summed E-state index contributed by atoms with van der Waals surface area (Å²) in [5.41, 5.74) is 0.915. The van der Waals surface area contributed by atoms with Crippen LogP contribution in [0.5, 0.6) is 0 Å². The predicted octanol–water partition coefficient (Wildman–Crippen LogP) is 2.84. The van der Waals surface area contributed by atoms with E-state index in [4.69, 9.17) is 0 Å². The van der Waals surface area contributed by atoms with E-state index in [-0.39, 0.29) is 29.8 Å². The minimum atomic E-state index is -0.204. The van der Waals surface area contributed by atoms with Crippen molar-refractivity contribution in [3.63, 3.8) is 0 Å². The first-order valence-corrected chi connectivity index (χ1v) is 8.12. The first-order valence-electron chi connectivity index (χ1n) is 8.12. The molecule has 4 nitrogen and oxygen atoms in total. The maximum atomic E-state index is 13.1. The third-order valence-corrected chi connectivity index (χ3v) is 4.04. The molecule has 1 aliphatic rings. The quantitative estimate of drug-likeness (QED) is 0.411. The molecule has 0 spiro atoms. The summed E-state index contributed by atoms with van der Waals surface area (Å²) in [6.45, 7) is 7.30. The third kappa shape index (κ3) is 7.03. The van der Waals surface area contributed by atoms with Crippen molar-refractivity contribution in [2.24, 2.45) is 10.9 Å². The van der Waals surface area contributed by atoms with Crippen LogP contribution in [0.15, 0.2) is 29.3 Å². The van der Waals surface area contributed by atoms with Gasteiger partial charge in [0.25, 0.3) is 0 Å². The lowest BCUT2D eigenvalue weighted by Gasteiger charge is -2.17. The lowest BCUT2D eigenvalue weighted by Crippen LogP contribution is -2.40. The maximum absolute atomic E-state index is 13.1. The zero-order chi connectivity index (χ0) is 15.8. The van der Waals surface area contributed by atoms with Crippen molar-refractivity contribution in [1.82, 2.24) is 15.5 Å². The van der Waals surface area contributed by atoms with Crippen molar-refractivity contribution in [2.45, 2.75) is 26.3 Å². The molecule has 1 saturated heterocycles. The van der Waals surface area contributed by atoms with Crippen LogP contribution in [0.1, 0.15) is 25.3 Å². The number of benzene rings is 1. The molecule has 1 aliphatic heterocycles. The summed E-state index contributed by atoms with van der Waals surface area (Å²) in [6, 6.07) is 6.63. The van der Waals surface area contributed by atoms with Gasteiger partial charge in [0, 0.05) is 26.7 Å². The topological polar surface area (TPSA) is 39.7 Å². The monoisotopic (exact) mass is 434 g/mol. The van der Waals surface area contributed by atoms with Crippen molar-refractivity contribution in [3.05, 3.63) is 35.6 Å². The van der Waals surface area contributed by atoms with E-state index in [9.17, 15) is 4.39 Å². The van der Waals surface area contributed by atoms with Gasteiger partial charge in [0.1, 0.15) is 5.82 Å². The van der Waals surface area contributed by atoms with Crippen molar-refractivity contribution in [2.75, 3.05) is 33.2 Å². The van der Waals surface area contributed by atoms with E-state index >= 15 is 0 Å². The summed E-state index contributed by atoms with van der Waals surface area (Å²) < 4.78 is 13.1. The lowest BCUT2D eigenvalue weighted by atomic mass is 10.1. The second kappa shape index (κ2) is 10.8. The Kier molecular flexibility index (Phi) is 9.47. The zero-order valence-electron chi connectivity index (χ0n) is 14.0. The van der Waals surface area contributed by atoms with Crippen LogP contribution < -0.4 is 10.6 Å². The van der Waals surface area contributed by atoms with E-state index in [1.807, 2.05) is 6.07 Å². The van der Waals surface area contributed by atoms with E-state index in [2.05, 4.69) is 27.4 Å². The zero-order valence-corrected chi connectivity index (χ0v) is 16.3. The molecule has 0 amide bonds. The van der Waals surface area contributed by atoms with Crippen molar-refractivity contribution < 1.29 is 4.39 Å². The van der Waals surface area contributed by atoms with Gasteiger partial charge in [-0.2, -0.15) is 0 Å². The highest BCUT2D eigenvalue weighted by molar-refractivity contribution is 14.0. The fourth-order valence-electron chi connectivity index (χ4n) is 2.89. The molecule has 1 atom stereocenters. The van der Waals surface area contributed by atoms with Crippen LogP contribution in [0.2, 0.25) is 0 Å². The van der Waals surface area contributed by atoms with Crippen molar-refractivity contribution in [1.29, 1.82) is 0 Å². The number of hydrogen-bond acceptors (Lipinski definition) is 2. The predicted molar refractivity (Wildman–Crippen MR) is 105 cm³/mol. The van der Waals surface area contributed by atoms with Gasteiger partial charge in [-0.05, 0) is 49.5 Å². The van der Waals surface area contributed by atoms with Crippen LogP contribution in [-0.2, 0) is 6.54 Å². The van der Waals surface area contributed by atoms with Crippen molar-refractivity contribution in [3.8, 4) is 0 Å². The highest BCUT2D eigenvalue weighted by Crippen LogP contribution is 2.15. The van der Waals surface area contributed by atoms with Gasteiger partial charge in [-0.1, -0.05) is 19.1 Å². The summed E-state index contributed by atoms with van der Waals surface area (Å²) in [4.78, 5) is 6.75. The first kappa shape index (κ1) is 20.2. The average Bonchev–Trinajstić information content (AvgIpc) is 2.95. The Labute approximate surface area is 156 Å². The molecule has 130 valence electrons. The summed E-state index contributed by atoms with van der Waals surface area (Å²) >= 11 is 0. The van der Waals surface area contributed by atoms with Crippen molar-refractivity contribution >= 4 is 29.9 Å². The second-order valence-corrected chi connectivity index (χ2v) is 5.89. The number of nitrogens with zero attached hydrogens (tertiary/aromatic N) is 2. The molecule has 1 fully saturated rings. The minimum Gasteiger partial charge on any atom is -0.356 e. The van der Waals surface area contributed by atoms with Crippen LogP contribution in [0.3, 0.4) is 0 Å².